The minimum atomic E-state index is -1.19. The average molecular weight is 546 g/mol. The average Bonchev–Trinajstić information content (AvgIpc) is 2.91. The van der Waals surface area contributed by atoms with Gasteiger partial charge in [-0.05, 0) is 66.8 Å². The van der Waals surface area contributed by atoms with Crippen molar-refractivity contribution >= 4 is 46.5 Å². The van der Waals surface area contributed by atoms with Gasteiger partial charge in [-0.1, -0.05) is 37.1 Å². The van der Waals surface area contributed by atoms with E-state index in [1.54, 1.807) is 36.5 Å². The highest BCUT2D eigenvalue weighted by molar-refractivity contribution is 6.29. The van der Waals surface area contributed by atoms with Crippen LogP contribution in [0.1, 0.15) is 50.0 Å². The lowest BCUT2D eigenvalue weighted by atomic mass is 9.93. The second-order valence-electron chi connectivity index (χ2n) is 9.79. The summed E-state index contributed by atoms with van der Waals surface area (Å²) >= 11 is 6.06. The second-order valence-corrected chi connectivity index (χ2v) is 10.2. The smallest absolute Gasteiger partial charge is 0.409 e. The fourth-order valence-corrected chi connectivity index (χ4v) is 5.28. The number of benzene rings is 1. The molecule has 2 atom stereocenters. The number of carbonyl (C=O) groups is 3. The van der Waals surface area contributed by atoms with Gasteiger partial charge in [-0.3, -0.25) is 19.9 Å². The Hall–Kier alpha value is -4.24. The molecule has 2 aromatic heterocycles. The molecule has 2 bridgehead atoms. The van der Waals surface area contributed by atoms with Crippen LogP contribution in [0.5, 0.6) is 0 Å². The molecule has 0 saturated heterocycles. The lowest BCUT2D eigenvalue weighted by Gasteiger charge is -2.34. The zero-order valence-corrected chi connectivity index (χ0v) is 22.1. The predicted molar refractivity (Wildman–Crippen MR) is 149 cm³/mol. The van der Waals surface area contributed by atoms with E-state index < -0.39 is 6.09 Å². The molecule has 10 heteroatoms. The van der Waals surface area contributed by atoms with Crippen LogP contribution in [0.4, 0.5) is 16.2 Å². The normalized spacial score (nSPS) is 19.6. The Morgan fingerprint density at radius 1 is 1.15 bits per heavy atom. The van der Waals surface area contributed by atoms with Crippen molar-refractivity contribution in [3.8, 4) is 11.1 Å². The van der Waals surface area contributed by atoms with Crippen molar-refractivity contribution < 1.29 is 19.5 Å². The summed E-state index contributed by atoms with van der Waals surface area (Å²) in [5.74, 6) is -0.540. The number of hydrogen-bond acceptors (Lipinski definition) is 5. The molecule has 3 aromatic rings. The van der Waals surface area contributed by atoms with E-state index in [0.29, 0.717) is 48.0 Å². The number of pyridine rings is 2. The van der Waals surface area contributed by atoms with E-state index in [1.165, 1.54) is 0 Å². The number of hydrogen-bond donors (Lipinski definition) is 3. The molecule has 0 spiro atoms. The third-order valence-electron chi connectivity index (χ3n) is 7.15. The molecule has 0 saturated carbocycles. The van der Waals surface area contributed by atoms with Crippen LogP contribution in [-0.2, 0) is 9.59 Å². The molecule has 4 heterocycles. The van der Waals surface area contributed by atoms with Gasteiger partial charge in [-0.2, -0.15) is 0 Å². The van der Waals surface area contributed by atoms with Crippen LogP contribution in [0, 0.1) is 5.92 Å². The number of carboxylic acid groups (broad SMARTS) is 1. The standard InChI is InChI=1S/C29H28ClN5O4/c1-17-4-2-6-25(35-13-11-19(15-27(35)36)22-5-3-7-26(30)33-22)24-14-18(10-12-31-24)21-9-8-20(32-29(38)39)16-23(21)34-28(17)37/h3,5,7-10,12,14-17,25,32H,2,4,6,11,13H2,1H3,(H,34,37)(H,38,39)/t17-,25+/m1/s1. The topological polar surface area (TPSA) is 125 Å². The molecule has 200 valence electrons. The van der Waals surface area contributed by atoms with Crippen LogP contribution in [0.3, 0.4) is 0 Å². The third kappa shape index (κ3) is 5.93. The third-order valence-corrected chi connectivity index (χ3v) is 7.36. The maximum atomic E-state index is 13.4. The highest BCUT2D eigenvalue weighted by Gasteiger charge is 2.30. The first kappa shape index (κ1) is 26.4. The SMILES string of the molecule is C[C@@H]1CCC[C@H](N2CCC(c3cccc(Cl)n3)=CC2=O)c2cc(ccn2)-c2ccc(NC(=O)O)cc2NC1=O. The molecular weight excluding hydrogens is 518 g/mol. The fraction of sp³-hybridized carbons (Fsp3) is 0.276. The summed E-state index contributed by atoms with van der Waals surface area (Å²) in [6.45, 7) is 2.37. The largest absolute Gasteiger partial charge is 0.465 e. The van der Waals surface area contributed by atoms with Crippen LogP contribution >= 0.6 is 11.6 Å². The molecule has 0 radical (unpaired) electrons. The van der Waals surface area contributed by atoms with Crippen LogP contribution in [0.15, 0.2) is 60.8 Å². The fourth-order valence-electron chi connectivity index (χ4n) is 5.12. The number of carbonyl (C=O) groups excluding carboxylic acids is 2. The van der Waals surface area contributed by atoms with Crippen LogP contribution < -0.4 is 10.6 Å². The van der Waals surface area contributed by atoms with E-state index in [9.17, 15) is 14.4 Å². The molecule has 39 heavy (non-hydrogen) atoms. The van der Waals surface area contributed by atoms with Crippen molar-refractivity contribution in [2.75, 3.05) is 17.2 Å². The van der Waals surface area contributed by atoms with Gasteiger partial charge < -0.3 is 15.3 Å². The van der Waals surface area contributed by atoms with Gasteiger partial charge in [0.25, 0.3) is 0 Å². The van der Waals surface area contributed by atoms with Gasteiger partial charge >= 0.3 is 6.09 Å². The summed E-state index contributed by atoms with van der Waals surface area (Å²) in [4.78, 5) is 48.5. The van der Waals surface area contributed by atoms with Crippen molar-refractivity contribution in [3.05, 3.63) is 77.3 Å². The van der Waals surface area contributed by atoms with Gasteiger partial charge in [0.2, 0.25) is 11.8 Å². The second kappa shape index (κ2) is 11.2. The number of nitrogens with zero attached hydrogens (tertiary/aromatic N) is 3. The van der Waals surface area contributed by atoms with E-state index in [-0.39, 0.29) is 23.8 Å². The summed E-state index contributed by atoms with van der Waals surface area (Å²) < 4.78 is 0. The number of halogens is 1. The first-order valence-electron chi connectivity index (χ1n) is 12.8. The molecule has 3 N–H and O–H groups in total. The molecule has 2 aliphatic heterocycles. The first-order chi connectivity index (χ1) is 18.8. The van der Waals surface area contributed by atoms with E-state index in [2.05, 4.69) is 20.6 Å². The summed E-state index contributed by atoms with van der Waals surface area (Å²) in [6.07, 6.45) is 4.78. The summed E-state index contributed by atoms with van der Waals surface area (Å²) in [5.41, 5.74) is 4.69. The Kier molecular flexibility index (Phi) is 7.60. The molecule has 1 aromatic carbocycles. The molecule has 0 aliphatic carbocycles. The Labute approximate surface area is 230 Å². The minimum Gasteiger partial charge on any atom is -0.465 e. The molecule has 9 nitrogen and oxygen atoms in total. The van der Waals surface area contributed by atoms with Crippen LogP contribution in [0.25, 0.3) is 16.7 Å². The quantitative estimate of drug-likeness (QED) is 0.346. The number of rotatable bonds is 3. The highest BCUT2D eigenvalue weighted by Crippen LogP contribution is 2.36. The van der Waals surface area contributed by atoms with E-state index in [0.717, 1.165) is 28.8 Å². The van der Waals surface area contributed by atoms with Crippen LogP contribution in [0.2, 0.25) is 5.15 Å². The molecule has 0 fully saturated rings. The predicted octanol–water partition coefficient (Wildman–Crippen LogP) is 6.00. The Balaban J connectivity index is 1.52. The van der Waals surface area contributed by atoms with Gasteiger partial charge in [-0.25, -0.2) is 9.78 Å². The number of nitrogens with one attached hydrogen (secondary N) is 2. The Morgan fingerprint density at radius 3 is 2.77 bits per heavy atom. The number of fused-ring (bicyclic) bond motifs is 4. The van der Waals surface area contributed by atoms with Gasteiger partial charge in [0, 0.05) is 36.0 Å². The van der Waals surface area contributed by atoms with E-state index in [4.69, 9.17) is 16.7 Å². The van der Waals surface area contributed by atoms with E-state index in [1.807, 2.05) is 36.1 Å². The minimum absolute atomic E-state index is 0.113. The monoisotopic (exact) mass is 545 g/mol. The number of amides is 3. The summed E-state index contributed by atoms with van der Waals surface area (Å²) in [7, 11) is 0. The van der Waals surface area contributed by atoms with Crippen molar-refractivity contribution in [2.24, 2.45) is 5.92 Å². The Bertz CT molecular complexity index is 1470. The van der Waals surface area contributed by atoms with Gasteiger partial charge in [-0.15, -0.1) is 0 Å². The maximum absolute atomic E-state index is 13.4. The lowest BCUT2D eigenvalue weighted by molar-refractivity contribution is -0.129. The zero-order valence-electron chi connectivity index (χ0n) is 21.4. The van der Waals surface area contributed by atoms with Crippen molar-refractivity contribution in [2.45, 2.75) is 38.6 Å². The zero-order chi connectivity index (χ0) is 27.5. The van der Waals surface area contributed by atoms with Crippen LogP contribution in [-0.4, -0.2) is 44.4 Å². The van der Waals surface area contributed by atoms with Crippen molar-refractivity contribution in [1.82, 2.24) is 14.9 Å². The molecule has 2 aliphatic rings. The molecule has 5 rings (SSSR count). The van der Waals surface area contributed by atoms with Gasteiger partial charge in [0.1, 0.15) is 5.15 Å². The molecular formula is C29H28ClN5O4. The highest BCUT2D eigenvalue weighted by atomic mass is 35.5. The lowest BCUT2D eigenvalue weighted by Crippen LogP contribution is -2.38. The first-order valence-corrected chi connectivity index (χ1v) is 13.2. The maximum Gasteiger partial charge on any atom is 0.409 e. The summed E-state index contributed by atoms with van der Waals surface area (Å²) in [5, 5.41) is 14.8. The Morgan fingerprint density at radius 2 is 2.00 bits per heavy atom. The number of aromatic nitrogens is 2. The van der Waals surface area contributed by atoms with Gasteiger partial charge in [0.05, 0.1) is 23.1 Å². The van der Waals surface area contributed by atoms with Crippen molar-refractivity contribution in [1.29, 1.82) is 0 Å². The molecule has 0 unspecified atom stereocenters. The summed E-state index contributed by atoms with van der Waals surface area (Å²) in [6, 6.07) is 13.9. The van der Waals surface area contributed by atoms with Gasteiger partial charge in [0.15, 0.2) is 0 Å². The molecule has 3 amide bonds. The van der Waals surface area contributed by atoms with Crippen molar-refractivity contribution in [3.63, 3.8) is 0 Å². The number of anilines is 2. The van der Waals surface area contributed by atoms with E-state index >= 15 is 0 Å².